The average Bonchev–Trinajstić information content (AvgIpc) is 1.82. The molecule has 0 aliphatic carbocycles. The summed E-state index contributed by atoms with van der Waals surface area (Å²) < 4.78 is 5.05. The third-order valence-electron chi connectivity index (χ3n) is 0.884. The standard InChI is InChI=1S/C7H14BrNO2/c1-7(2,3)11-6(10)9(4)5-8/h5H2,1-4H3. The third-order valence-corrected chi connectivity index (χ3v) is 1.64. The third kappa shape index (κ3) is 5.07. The lowest BCUT2D eigenvalue weighted by molar-refractivity contribution is 0.0333. The Hall–Kier alpha value is -0.250. The zero-order chi connectivity index (χ0) is 9.07. The molecule has 0 aliphatic rings. The molecule has 0 aromatic rings. The first kappa shape index (κ1) is 10.8. The average molecular weight is 224 g/mol. The number of carbonyl (C=O) groups is 1. The Kier molecular flexibility index (Phi) is 3.86. The number of ether oxygens (including phenoxy) is 1. The van der Waals surface area contributed by atoms with Gasteiger partial charge in [-0.3, -0.25) is 0 Å². The Bertz CT molecular complexity index is 142. The molecule has 0 fully saturated rings. The molecule has 0 aliphatic heterocycles. The van der Waals surface area contributed by atoms with Crippen molar-refractivity contribution in [1.82, 2.24) is 4.90 Å². The molecular formula is C7H14BrNO2. The molecule has 0 radical (unpaired) electrons. The summed E-state index contributed by atoms with van der Waals surface area (Å²) >= 11 is 3.15. The van der Waals surface area contributed by atoms with E-state index in [1.54, 1.807) is 7.05 Å². The molecule has 1 amide bonds. The normalized spacial score (nSPS) is 11.0. The van der Waals surface area contributed by atoms with Crippen molar-refractivity contribution in [2.24, 2.45) is 0 Å². The molecule has 0 heterocycles. The van der Waals surface area contributed by atoms with Gasteiger partial charge in [0.1, 0.15) is 5.60 Å². The fourth-order valence-corrected chi connectivity index (χ4v) is 0.593. The first-order chi connectivity index (χ1) is 4.87. The SMILES string of the molecule is CN(CBr)C(=O)OC(C)(C)C. The van der Waals surface area contributed by atoms with Crippen LogP contribution in [0.15, 0.2) is 0 Å². The van der Waals surface area contributed by atoms with Crippen LogP contribution in [0.1, 0.15) is 20.8 Å². The summed E-state index contributed by atoms with van der Waals surface area (Å²) in [5, 5.41) is 0. The van der Waals surface area contributed by atoms with Crippen molar-refractivity contribution in [3.05, 3.63) is 0 Å². The van der Waals surface area contributed by atoms with Crippen molar-refractivity contribution >= 4 is 22.0 Å². The van der Waals surface area contributed by atoms with Gasteiger partial charge in [0.25, 0.3) is 0 Å². The van der Waals surface area contributed by atoms with Gasteiger partial charge in [-0.25, -0.2) is 4.79 Å². The zero-order valence-electron chi connectivity index (χ0n) is 7.35. The lowest BCUT2D eigenvalue weighted by Gasteiger charge is -2.23. The number of hydrogen-bond donors (Lipinski definition) is 0. The van der Waals surface area contributed by atoms with Gasteiger partial charge in [-0.1, -0.05) is 15.9 Å². The molecule has 0 atom stereocenters. The van der Waals surface area contributed by atoms with Crippen LogP contribution in [0.2, 0.25) is 0 Å². The Morgan fingerprint density at radius 1 is 1.55 bits per heavy atom. The molecule has 3 nitrogen and oxygen atoms in total. The Morgan fingerprint density at radius 2 is 2.00 bits per heavy atom. The second-order valence-electron chi connectivity index (χ2n) is 3.30. The van der Waals surface area contributed by atoms with Gasteiger partial charge in [-0.05, 0) is 20.8 Å². The van der Waals surface area contributed by atoms with Crippen molar-refractivity contribution in [2.75, 3.05) is 12.5 Å². The maximum atomic E-state index is 11.1. The molecule has 0 aromatic carbocycles. The minimum absolute atomic E-state index is 0.311. The van der Waals surface area contributed by atoms with Gasteiger partial charge in [0.05, 0.1) is 5.45 Å². The monoisotopic (exact) mass is 223 g/mol. The van der Waals surface area contributed by atoms with Crippen LogP contribution in [-0.2, 0) is 4.74 Å². The molecule has 0 aromatic heterocycles. The van der Waals surface area contributed by atoms with Gasteiger partial charge >= 0.3 is 6.09 Å². The summed E-state index contributed by atoms with van der Waals surface area (Å²) in [6, 6.07) is 0. The molecular weight excluding hydrogens is 210 g/mol. The van der Waals surface area contributed by atoms with Crippen LogP contribution in [0.25, 0.3) is 0 Å². The smallest absolute Gasteiger partial charge is 0.410 e. The topological polar surface area (TPSA) is 29.5 Å². The predicted molar refractivity (Wildman–Crippen MR) is 47.8 cm³/mol. The fraction of sp³-hybridized carbons (Fsp3) is 0.857. The van der Waals surface area contributed by atoms with E-state index in [1.165, 1.54) is 4.90 Å². The van der Waals surface area contributed by atoms with Gasteiger partial charge in [0.2, 0.25) is 0 Å². The maximum Gasteiger partial charge on any atom is 0.410 e. The Labute approximate surface area is 75.8 Å². The number of rotatable bonds is 1. The van der Waals surface area contributed by atoms with Crippen molar-refractivity contribution in [3.8, 4) is 0 Å². The Morgan fingerprint density at radius 3 is 2.27 bits per heavy atom. The maximum absolute atomic E-state index is 11.1. The lowest BCUT2D eigenvalue weighted by atomic mass is 10.2. The highest BCUT2D eigenvalue weighted by molar-refractivity contribution is 9.09. The molecule has 4 heteroatoms. The summed E-state index contributed by atoms with van der Waals surface area (Å²) in [6.07, 6.45) is -0.311. The molecule has 66 valence electrons. The summed E-state index contributed by atoms with van der Waals surface area (Å²) in [5.74, 6) is 0. The number of nitrogens with zero attached hydrogens (tertiary/aromatic N) is 1. The quantitative estimate of drug-likeness (QED) is 0.504. The van der Waals surface area contributed by atoms with E-state index in [0.29, 0.717) is 5.45 Å². The van der Waals surface area contributed by atoms with E-state index in [1.807, 2.05) is 20.8 Å². The van der Waals surface area contributed by atoms with Crippen molar-refractivity contribution in [2.45, 2.75) is 26.4 Å². The minimum Gasteiger partial charge on any atom is -0.444 e. The van der Waals surface area contributed by atoms with Gasteiger partial charge < -0.3 is 9.64 Å². The summed E-state index contributed by atoms with van der Waals surface area (Å²) in [5.41, 5.74) is 0.0788. The van der Waals surface area contributed by atoms with Gasteiger partial charge in [0.15, 0.2) is 0 Å². The highest BCUT2D eigenvalue weighted by Gasteiger charge is 2.18. The van der Waals surface area contributed by atoms with Crippen LogP contribution >= 0.6 is 15.9 Å². The van der Waals surface area contributed by atoms with Crippen LogP contribution in [0.3, 0.4) is 0 Å². The molecule has 0 unspecified atom stereocenters. The molecule has 0 spiro atoms. The number of carbonyl (C=O) groups excluding carboxylic acids is 1. The van der Waals surface area contributed by atoms with E-state index < -0.39 is 5.60 Å². The van der Waals surface area contributed by atoms with E-state index in [2.05, 4.69) is 15.9 Å². The van der Waals surface area contributed by atoms with Crippen molar-refractivity contribution in [3.63, 3.8) is 0 Å². The van der Waals surface area contributed by atoms with E-state index in [4.69, 9.17) is 4.74 Å². The lowest BCUT2D eigenvalue weighted by Crippen LogP contribution is -2.33. The summed E-state index contributed by atoms with van der Waals surface area (Å²) in [6.45, 7) is 5.52. The summed E-state index contributed by atoms with van der Waals surface area (Å²) in [4.78, 5) is 12.5. The van der Waals surface area contributed by atoms with Crippen LogP contribution < -0.4 is 0 Å². The number of hydrogen-bond acceptors (Lipinski definition) is 2. The second kappa shape index (κ2) is 3.95. The van der Waals surface area contributed by atoms with Gasteiger partial charge in [-0.2, -0.15) is 0 Å². The fourth-order valence-electron chi connectivity index (χ4n) is 0.389. The van der Waals surface area contributed by atoms with Crippen molar-refractivity contribution in [1.29, 1.82) is 0 Å². The Balaban J connectivity index is 3.88. The highest BCUT2D eigenvalue weighted by Crippen LogP contribution is 2.09. The van der Waals surface area contributed by atoms with Gasteiger partial charge in [0, 0.05) is 7.05 Å². The van der Waals surface area contributed by atoms with Crippen LogP contribution in [0.4, 0.5) is 4.79 Å². The van der Waals surface area contributed by atoms with Crippen molar-refractivity contribution < 1.29 is 9.53 Å². The largest absolute Gasteiger partial charge is 0.444 e. The predicted octanol–water partition coefficient (Wildman–Crippen LogP) is 2.21. The van der Waals surface area contributed by atoms with Crippen LogP contribution in [0.5, 0.6) is 0 Å². The molecule has 0 rings (SSSR count). The van der Waals surface area contributed by atoms with Crippen LogP contribution in [-0.4, -0.2) is 29.1 Å². The van der Waals surface area contributed by atoms with E-state index in [0.717, 1.165) is 0 Å². The molecule has 0 saturated heterocycles. The first-order valence-electron chi connectivity index (χ1n) is 3.37. The van der Waals surface area contributed by atoms with Crippen LogP contribution in [0, 0.1) is 0 Å². The summed E-state index contributed by atoms with van der Waals surface area (Å²) in [7, 11) is 1.67. The highest BCUT2D eigenvalue weighted by atomic mass is 79.9. The molecule has 0 bridgehead atoms. The first-order valence-corrected chi connectivity index (χ1v) is 4.49. The van der Waals surface area contributed by atoms with E-state index >= 15 is 0 Å². The number of alkyl halides is 1. The molecule has 0 N–H and O–H groups in total. The zero-order valence-corrected chi connectivity index (χ0v) is 8.93. The number of amides is 1. The second-order valence-corrected chi connectivity index (χ2v) is 3.80. The molecule has 11 heavy (non-hydrogen) atoms. The van der Waals surface area contributed by atoms with E-state index in [-0.39, 0.29) is 6.09 Å². The molecule has 0 saturated carbocycles. The number of halogens is 1. The minimum atomic E-state index is -0.409. The van der Waals surface area contributed by atoms with Gasteiger partial charge in [-0.15, -0.1) is 0 Å². The van der Waals surface area contributed by atoms with E-state index in [9.17, 15) is 4.79 Å².